The Morgan fingerprint density at radius 1 is 0.939 bits per heavy atom. The first kappa shape index (κ1) is 22.2. The van der Waals surface area contributed by atoms with Gasteiger partial charge in [0, 0.05) is 31.5 Å². The molecule has 7 heteroatoms. The zero-order valence-electron chi connectivity index (χ0n) is 18.4. The maximum Gasteiger partial charge on any atom is 0.251 e. The third-order valence-electron chi connectivity index (χ3n) is 5.55. The molecule has 3 aromatic carbocycles. The van der Waals surface area contributed by atoms with Gasteiger partial charge in [-0.25, -0.2) is 8.78 Å². The summed E-state index contributed by atoms with van der Waals surface area (Å²) in [5, 5.41) is 11.1. The van der Waals surface area contributed by atoms with Gasteiger partial charge in [0.2, 0.25) is 5.62 Å². The fraction of sp³-hybridized carbons (Fsp3) is 0.154. The number of amides is 1. The second-order valence-electron chi connectivity index (χ2n) is 8.05. The highest BCUT2D eigenvalue weighted by Gasteiger charge is 2.13. The third kappa shape index (κ3) is 5.09. The zero-order chi connectivity index (χ0) is 23.5. The van der Waals surface area contributed by atoms with Crippen LogP contribution in [0.1, 0.15) is 27.0 Å². The zero-order valence-corrected chi connectivity index (χ0v) is 18.4. The summed E-state index contributed by atoms with van der Waals surface area (Å²) in [5.74, 6) is -0.918. The van der Waals surface area contributed by atoms with Gasteiger partial charge in [0.05, 0.1) is 6.54 Å². The van der Waals surface area contributed by atoms with E-state index in [4.69, 9.17) is 5.41 Å². The van der Waals surface area contributed by atoms with Crippen molar-refractivity contribution in [1.82, 2.24) is 14.5 Å². The number of aromatic nitrogens is 2. The topological polar surface area (TPSA) is 62.8 Å². The summed E-state index contributed by atoms with van der Waals surface area (Å²) in [5.41, 5.74) is 4.80. The Morgan fingerprint density at radius 3 is 2.33 bits per heavy atom. The molecule has 0 radical (unpaired) electrons. The molecule has 33 heavy (non-hydrogen) atoms. The highest BCUT2D eigenvalue weighted by atomic mass is 19.1. The van der Waals surface area contributed by atoms with Crippen LogP contribution in [0.3, 0.4) is 0 Å². The van der Waals surface area contributed by atoms with E-state index in [-0.39, 0.29) is 24.1 Å². The molecule has 168 valence electrons. The average Bonchev–Trinajstić information content (AvgIpc) is 3.10. The van der Waals surface area contributed by atoms with E-state index in [0.29, 0.717) is 17.7 Å². The van der Waals surface area contributed by atoms with Gasteiger partial charge in [-0.1, -0.05) is 18.2 Å². The van der Waals surface area contributed by atoms with Gasteiger partial charge in [-0.15, -0.1) is 0 Å². The van der Waals surface area contributed by atoms with Crippen molar-refractivity contribution in [3.63, 3.8) is 0 Å². The van der Waals surface area contributed by atoms with Crippen molar-refractivity contribution in [2.24, 2.45) is 7.05 Å². The number of halogens is 2. The van der Waals surface area contributed by atoms with Crippen LogP contribution in [-0.2, 0) is 20.1 Å². The molecule has 4 rings (SSSR count). The minimum Gasteiger partial charge on any atom is -0.348 e. The molecule has 0 unspecified atom stereocenters. The van der Waals surface area contributed by atoms with E-state index in [9.17, 15) is 13.6 Å². The molecular weight excluding hydrogens is 422 g/mol. The molecule has 0 spiro atoms. The van der Waals surface area contributed by atoms with Crippen LogP contribution in [0.15, 0.2) is 73.1 Å². The van der Waals surface area contributed by atoms with Crippen LogP contribution in [0.5, 0.6) is 0 Å². The molecule has 0 saturated carbocycles. The molecule has 1 aromatic heterocycles. The Bertz CT molecular complexity index is 1370. The van der Waals surface area contributed by atoms with E-state index in [1.165, 1.54) is 24.3 Å². The van der Waals surface area contributed by atoms with Crippen LogP contribution in [0, 0.1) is 24.0 Å². The first-order valence-electron chi connectivity index (χ1n) is 10.5. The van der Waals surface area contributed by atoms with Gasteiger partial charge in [-0.2, -0.15) is 0 Å². The SMILES string of the molecule is Cc1cc(F)ccc1-c1cc(Cn2ccn(C)c2=N)cc(C(=O)NCc2ccc(F)cc2)c1. The summed E-state index contributed by atoms with van der Waals surface area (Å²) >= 11 is 0. The molecular formula is C26H24F2N4O. The molecule has 2 N–H and O–H groups in total. The van der Waals surface area contributed by atoms with Crippen molar-refractivity contribution >= 4 is 5.91 Å². The summed E-state index contributed by atoms with van der Waals surface area (Å²) in [6.45, 7) is 2.50. The van der Waals surface area contributed by atoms with Crippen molar-refractivity contribution in [2.75, 3.05) is 0 Å². The lowest BCUT2D eigenvalue weighted by molar-refractivity contribution is 0.0951. The summed E-state index contributed by atoms with van der Waals surface area (Å²) in [6.07, 6.45) is 3.61. The number of carbonyl (C=O) groups is 1. The number of hydrogen-bond acceptors (Lipinski definition) is 2. The second kappa shape index (κ2) is 9.24. The molecule has 5 nitrogen and oxygen atoms in total. The number of benzene rings is 3. The predicted octanol–water partition coefficient (Wildman–Crippen LogP) is 4.54. The Hall–Kier alpha value is -4.00. The van der Waals surface area contributed by atoms with E-state index in [2.05, 4.69) is 5.32 Å². The lowest BCUT2D eigenvalue weighted by atomic mass is 9.96. The maximum absolute atomic E-state index is 13.7. The van der Waals surface area contributed by atoms with Gasteiger partial charge in [0.15, 0.2) is 0 Å². The summed E-state index contributed by atoms with van der Waals surface area (Å²) in [4.78, 5) is 13.0. The van der Waals surface area contributed by atoms with Crippen LogP contribution < -0.4 is 10.9 Å². The Balaban J connectivity index is 1.68. The van der Waals surface area contributed by atoms with Gasteiger partial charge in [0.1, 0.15) is 11.6 Å². The minimum atomic E-state index is -0.329. The molecule has 1 heterocycles. The normalized spacial score (nSPS) is 10.9. The fourth-order valence-electron chi connectivity index (χ4n) is 3.76. The standard InChI is InChI=1S/C26H24F2N4O/c1-17-11-23(28)7-8-24(17)20-12-19(16-32-10-9-31(2)26(32)29)13-21(14-20)25(33)30-15-18-3-5-22(27)6-4-18/h3-14,29H,15-16H2,1-2H3,(H,30,33). The molecule has 1 amide bonds. The first-order chi connectivity index (χ1) is 15.8. The van der Waals surface area contributed by atoms with Crippen LogP contribution in [0.25, 0.3) is 11.1 Å². The molecule has 0 fully saturated rings. The number of rotatable bonds is 6. The highest BCUT2D eigenvalue weighted by molar-refractivity contribution is 5.95. The number of nitrogens with one attached hydrogen (secondary N) is 2. The lowest BCUT2D eigenvalue weighted by Crippen LogP contribution is -2.24. The van der Waals surface area contributed by atoms with Crippen LogP contribution in [0.2, 0.25) is 0 Å². The Labute approximate surface area is 190 Å². The van der Waals surface area contributed by atoms with Crippen molar-refractivity contribution < 1.29 is 13.6 Å². The number of aryl methyl sites for hydroxylation is 2. The number of hydrogen-bond donors (Lipinski definition) is 2. The van der Waals surface area contributed by atoms with Crippen LogP contribution >= 0.6 is 0 Å². The van der Waals surface area contributed by atoms with Gasteiger partial charge in [-0.3, -0.25) is 10.2 Å². The number of carbonyl (C=O) groups excluding carboxylic acids is 1. The van der Waals surface area contributed by atoms with E-state index in [1.807, 2.05) is 19.2 Å². The molecule has 0 aliphatic heterocycles. The van der Waals surface area contributed by atoms with Gasteiger partial charge in [0.25, 0.3) is 5.91 Å². The van der Waals surface area contributed by atoms with Crippen molar-refractivity contribution in [2.45, 2.75) is 20.0 Å². The monoisotopic (exact) mass is 446 g/mol. The number of imidazole rings is 1. The summed E-state index contributed by atoms with van der Waals surface area (Å²) in [6, 6.07) is 16.1. The molecule has 0 aliphatic rings. The largest absolute Gasteiger partial charge is 0.348 e. The smallest absolute Gasteiger partial charge is 0.251 e. The summed E-state index contributed by atoms with van der Waals surface area (Å²) < 4.78 is 30.3. The van der Waals surface area contributed by atoms with Crippen LogP contribution in [0.4, 0.5) is 8.78 Å². The second-order valence-corrected chi connectivity index (χ2v) is 8.05. The summed E-state index contributed by atoms with van der Waals surface area (Å²) in [7, 11) is 1.80. The quantitative estimate of drug-likeness (QED) is 0.449. The first-order valence-corrected chi connectivity index (χ1v) is 10.5. The van der Waals surface area contributed by atoms with Crippen molar-refractivity contribution in [1.29, 1.82) is 5.41 Å². The van der Waals surface area contributed by atoms with E-state index in [0.717, 1.165) is 27.8 Å². The van der Waals surface area contributed by atoms with Gasteiger partial charge < -0.3 is 14.5 Å². The van der Waals surface area contributed by atoms with Crippen molar-refractivity contribution in [3.8, 4) is 11.1 Å². The fourth-order valence-corrected chi connectivity index (χ4v) is 3.76. The molecule has 0 atom stereocenters. The highest BCUT2D eigenvalue weighted by Crippen LogP contribution is 2.27. The Kier molecular flexibility index (Phi) is 6.22. The minimum absolute atomic E-state index is 0.262. The van der Waals surface area contributed by atoms with E-state index >= 15 is 0 Å². The molecule has 4 aromatic rings. The number of nitrogens with zero attached hydrogens (tertiary/aromatic N) is 2. The van der Waals surface area contributed by atoms with E-state index < -0.39 is 0 Å². The predicted molar refractivity (Wildman–Crippen MR) is 123 cm³/mol. The van der Waals surface area contributed by atoms with E-state index in [1.54, 1.807) is 52.7 Å². The molecule has 0 saturated heterocycles. The van der Waals surface area contributed by atoms with Crippen LogP contribution in [-0.4, -0.2) is 15.0 Å². The Morgan fingerprint density at radius 2 is 1.67 bits per heavy atom. The average molecular weight is 447 g/mol. The molecule has 0 bridgehead atoms. The lowest BCUT2D eigenvalue weighted by Gasteiger charge is -2.13. The van der Waals surface area contributed by atoms with Gasteiger partial charge >= 0.3 is 0 Å². The third-order valence-corrected chi connectivity index (χ3v) is 5.55. The van der Waals surface area contributed by atoms with Gasteiger partial charge in [-0.05, 0) is 77.2 Å². The molecule has 0 aliphatic carbocycles. The maximum atomic E-state index is 13.7. The van der Waals surface area contributed by atoms with Crippen molar-refractivity contribution in [3.05, 3.63) is 113 Å².